The largest absolute Gasteiger partial charge is 0.300 e. The van der Waals surface area contributed by atoms with Gasteiger partial charge in [0.15, 0.2) is 0 Å². The van der Waals surface area contributed by atoms with Crippen LogP contribution < -0.4 is 0 Å². The van der Waals surface area contributed by atoms with Gasteiger partial charge in [-0.1, -0.05) is 12.2 Å². The number of ketones is 2. The highest BCUT2D eigenvalue weighted by atomic mass is 16.1. The minimum atomic E-state index is 0.408. The number of carbonyl (C=O) groups excluding carboxylic acids is 2. The van der Waals surface area contributed by atoms with Crippen LogP contribution in [0.1, 0.15) is 51.4 Å². The van der Waals surface area contributed by atoms with Crippen LogP contribution in [0, 0.1) is 11.8 Å². The van der Waals surface area contributed by atoms with Gasteiger partial charge in [0.1, 0.15) is 11.6 Å². The Morgan fingerprint density at radius 3 is 1.44 bits per heavy atom. The number of carbonyl (C=O) groups is 2. The standard InChI is InChI=1S/2C8H12O/c2*1-2-7-4-3-5-8(9)6-7/h2*2,7H,1,3-6H2/t2*7-/m10/s1. The number of allylic oxidation sites excluding steroid dienone is 2. The molecule has 2 nitrogen and oxygen atoms in total. The maximum absolute atomic E-state index is 10.8. The molecule has 0 radical (unpaired) electrons. The zero-order valence-electron chi connectivity index (χ0n) is 11.2. The van der Waals surface area contributed by atoms with Crippen molar-refractivity contribution in [2.75, 3.05) is 0 Å². The lowest BCUT2D eigenvalue weighted by molar-refractivity contribution is -0.121. The van der Waals surface area contributed by atoms with Crippen LogP contribution in [0.25, 0.3) is 0 Å². The Bertz CT molecular complexity index is 285. The number of rotatable bonds is 2. The van der Waals surface area contributed by atoms with Gasteiger partial charge < -0.3 is 0 Å². The van der Waals surface area contributed by atoms with Gasteiger partial charge in [0, 0.05) is 25.7 Å². The van der Waals surface area contributed by atoms with Crippen molar-refractivity contribution in [3.05, 3.63) is 25.3 Å². The van der Waals surface area contributed by atoms with E-state index in [1.54, 1.807) is 0 Å². The van der Waals surface area contributed by atoms with Gasteiger partial charge in [-0.2, -0.15) is 0 Å². The average Bonchev–Trinajstić information content (AvgIpc) is 2.39. The van der Waals surface area contributed by atoms with E-state index in [1.807, 2.05) is 12.2 Å². The van der Waals surface area contributed by atoms with Crippen molar-refractivity contribution in [2.24, 2.45) is 11.8 Å². The van der Waals surface area contributed by atoms with Crippen LogP contribution in [0.3, 0.4) is 0 Å². The summed E-state index contributed by atoms with van der Waals surface area (Å²) in [6.45, 7) is 7.33. The third kappa shape index (κ3) is 5.44. The van der Waals surface area contributed by atoms with Gasteiger partial charge in [0.05, 0.1) is 0 Å². The summed E-state index contributed by atoms with van der Waals surface area (Å²) in [5.74, 6) is 1.77. The molecule has 2 rings (SSSR count). The van der Waals surface area contributed by atoms with E-state index in [4.69, 9.17) is 0 Å². The molecule has 2 atom stereocenters. The number of Topliss-reactive ketones (excluding diaryl/α,β-unsaturated/α-hetero) is 2. The highest BCUT2D eigenvalue weighted by Crippen LogP contribution is 2.21. The minimum Gasteiger partial charge on any atom is -0.300 e. The number of hydrogen-bond acceptors (Lipinski definition) is 2. The molecule has 2 saturated carbocycles. The zero-order chi connectivity index (χ0) is 13.4. The Morgan fingerprint density at radius 1 is 0.833 bits per heavy atom. The molecule has 0 bridgehead atoms. The summed E-state index contributed by atoms with van der Waals surface area (Å²) in [4.78, 5) is 21.6. The van der Waals surface area contributed by atoms with E-state index in [0.29, 0.717) is 23.4 Å². The summed E-state index contributed by atoms with van der Waals surface area (Å²) in [6, 6.07) is 0. The summed E-state index contributed by atoms with van der Waals surface area (Å²) in [5, 5.41) is 0. The van der Waals surface area contributed by atoms with Gasteiger partial charge in [0.2, 0.25) is 0 Å². The molecule has 0 aromatic rings. The van der Waals surface area contributed by atoms with Crippen molar-refractivity contribution in [1.29, 1.82) is 0 Å². The fourth-order valence-corrected chi connectivity index (χ4v) is 2.52. The summed E-state index contributed by atoms with van der Waals surface area (Å²) >= 11 is 0. The second-order valence-electron chi connectivity index (χ2n) is 5.26. The molecule has 18 heavy (non-hydrogen) atoms. The normalized spacial score (nSPS) is 28.0. The van der Waals surface area contributed by atoms with Gasteiger partial charge in [-0.3, -0.25) is 9.59 Å². The fourth-order valence-electron chi connectivity index (χ4n) is 2.52. The molecule has 0 spiro atoms. The second-order valence-corrected chi connectivity index (χ2v) is 5.26. The molecule has 100 valence electrons. The monoisotopic (exact) mass is 248 g/mol. The Hall–Kier alpha value is -1.18. The molecule has 2 aliphatic rings. The first-order valence-corrected chi connectivity index (χ1v) is 6.94. The van der Waals surface area contributed by atoms with Crippen LogP contribution in [-0.4, -0.2) is 11.6 Å². The van der Waals surface area contributed by atoms with Crippen LogP contribution in [0.4, 0.5) is 0 Å². The predicted octanol–water partition coefficient (Wildman–Crippen LogP) is 3.86. The van der Waals surface area contributed by atoms with E-state index in [0.717, 1.165) is 51.4 Å². The Kier molecular flexibility index (Phi) is 6.63. The van der Waals surface area contributed by atoms with Crippen molar-refractivity contribution in [3.63, 3.8) is 0 Å². The van der Waals surface area contributed by atoms with Gasteiger partial charge in [-0.15, -0.1) is 13.2 Å². The second kappa shape index (κ2) is 8.02. The summed E-state index contributed by atoms with van der Waals surface area (Å²) in [5.41, 5.74) is 0. The van der Waals surface area contributed by atoms with Crippen LogP contribution in [0.5, 0.6) is 0 Å². The smallest absolute Gasteiger partial charge is 0.133 e. The van der Waals surface area contributed by atoms with Crippen molar-refractivity contribution in [1.82, 2.24) is 0 Å². The highest BCUT2D eigenvalue weighted by molar-refractivity contribution is 5.79. The molecule has 0 N–H and O–H groups in total. The van der Waals surface area contributed by atoms with Crippen LogP contribution >= 0.6 is 0 Å². The predicted molar refractivity (Wildman–Crippen MR) is 74.3 cm³/mol. The highest BCUT2D eigenvalue weighted by Gasteiger charge is 2.16. The van der Waals surface area contributed by atoms with Crippen LogP contribution in [0.15, 0.2) is 25.3 Å². The topological polar surface area (TPSA) is 34.1 Å². The van der Waals surface area contributed by atoms with Gasteiger partial charge in [-0.05, 0) is 37.5 Å². The van der Waals surface area contributed by atoms with Crippen LogP contribution in [0.2, 0.25) is 0 Å². The molecule has 0 unspecified atom stereocenters. The Labute approximate surface area is 110 Å². The van der Waals surface area contributed by atoms with Gasteiger partial charge >= 0.3 is 0 Å². The van der Waals surface area contributed by atoms with E-state index in [2.05, 4.69) is 13.2 Å². The number of hydrogen-bond donors (Lipinski definition) is 0. The molecular formula is C16H24O2. The maximum atomic E-state index is 10.8. The molecule has 0 heterocycles. The lowest BCUT2D eigenvalue weighted by Crippen LogP contribution is -2.12. The fraction of sp³-hybridized carbons (Fsp3) is 0.625. The molecule has 2 fully saturated rings. The van der Waals surface area contributed by atoms with E-state index >= 15 is 0 Å². The van der Waals surface area contributed by atoms with Crippen molar-refractivity contribution < 1.29 is 9.59 Å². The molecule has 2 heteroatoms. The van der Waals surface area contributed by atoms with Crippen molar-refractivity contribution >= 4 is 11.6 Å². The molecule has 0 aliphatic heterocycles. The van der Waals surface area contributed by atoms with Gasteiger partial charge in [-0.25, -0.2) is 0 Å². The Morgan fingerprint density at radius 2 is 1.22 bits per heavy atom. The third-order valence-corrected chi connectivity index (χ3v) is 3.71. The lowest BCUT2D eigenvalue weighted by atomic mass is 9.89. The maximum Gasteiger partial charge on any atom is 0.133 e. The molecule has 0 saturated heterocycles. The molecule has 2 aliphatic carbocycles. The quantitative estimate of drug-likeness (QED) is 0.695. The summed E-state index contributed by atoms with van der Waals surface area (Å²) in [6.07, 6.45) is 11.3. The van der Waals surface area contributed by atoms with E-state index < -0.39 is 0 Å². The van der Waals surface area contributed by atoms with Crippen LogP contribution in [-0.2, 0) is 9.59 Å². The van der Waals surface area contributed by atoms with E-state index in [-0.39, 0.29) is 0 Å². The molecular weight excluding hydrogens is 224 g/mol. The third-order valence-electron chi connectivity index (χ3n) is 3.71. The average molecular weight is 248 g/mol. The first-order valence-electron chi connectivity index (χ1n) is 6.94. The summed E-state index contributed by atoms with van der Waals surface area (Å²) < 4.78 is 0. The SMILES string of the molecule is C=C[C@@H]1CCCC(=O)C1.C=C[C@H]1CCCC(=O)C1. The first kappa shape index (κ1) is 14.9. The Balaban J connectivity index is 0.000000180. The first-order chi connectivity index (χ1) is 8.65. The van der Waals surface area contributed by atoms with E-state index in [9.17, 15) is 9.59 Å². The van der Waals surface area contributed by atoms with E-state index in [1.165, 1.54) is 0 Å². The van der Waals surface area contributed by atoms with Crippen molar-refractivity contribution in [3.8, 4) is 0 Å². The summed E-state index contributed by atoms with van der Waals surface area (Å²) in [7, 11) is 0. The molecule has 0 aromatic heterocycles. The van der Waals surface area contributed by atoms with Gasteiger partial charge in [0.25, 0.3) is 0 Å². The zero-order valence-corrected chi connectivity index (χ0v) is 11.2. The minimum absolute atomic E-state index is 0.408. The lowest BCUT2D eigenvalue weighted by Gasteiger charge is -2.15. The van der Waals surface area contributed by atoms with Crippen molar-refractivity contribution in [2.45, 2.75) is 51.4 Å². The molecule has 0 amide bonds. The molecule has 0 aromatic carbocycles.